The molecule has 2 amide bonds. The first kappa shape index (κ1) is 17.0. The van der Waals surface area contributed by atoms with Crippen LogP contribution in [0.1, 0.15) is 23.2 Å². The number of rotatable bonds is 4. The minimum atomic E-state index is -0.984. The SMILES string of the molecule is CNC(=O)c1ccc(NC(=O)[C@@H]2CC=CC[C@@H]2C(=O)O)cc1Cl. The largest absolute Gasteiger partial charge is 0.481 e. The van der Waals surface area contributed by atoms with Crippen molar-refractivity contribution in [3.05, 3.63) is 40.9 Å². The fourth-order valence-corrected chi connectivity index (χ4v) is 2.79. The fourth-order valence-electron chi connectivity index (χ4n) is 2.52. The van der Waals surface area contributed by atoms with Gasteiger partial charge in [0.2, 0.25) is 5.91 Å². The second-order valence-electron chi connectivity index (χ2n) is 5.26. The molecule has 0 fully saturated rings. The van der Waals surface area contributed by atoms with Gasteiger partial charge in [-0.15, -0.1) is 0 Å². The molecule has 0 saturated heterocycles. The van der Waals surface area contributed by atoms with Gasteiger partial charge in [-0.3, -0.25) is 14.4 Å². The summed E-state index contributed by atoms with van der Waals surface area (Å²) in [6.45, 7) is 0. The van der Waals surface area contributed by atoms with Crippen molar-refractivity contribution in [2.24, 2.45) is 11.8 Å². The van der Waals surface area contributed by atoms with E-state index in [4.69, 9.17) is 11.6 Å². The van der Waals surface area contributed by atoms with Crippen molar-refractivity contribution in [3.63, 3.8) is 0 Å². The summed E-state index contributed by atoms with van der Waals surface area (Å²) in [6.07, 6.45) is 4.31. The van der Waals surface area contributed by atoms with Crippen LogP contribution in [0.5, 0.6) is 0 Å². The molecule has 2 atom stereocenters. The number of halogens is 1. The Balaban J connectivity index is 2.14. The van der Waals surface area contributed by atoms with E-state index in [0.717, 1.165) is 0 Å². The quantitative estimate of drug-likeness (QED) is 0.735. The van der Waals surface area contributed by atoms with Crippen LogP contribution in [-0.2, 0) is 9.59 Å². The molecule has 0 aromatic heterocycles. The molecular weight excluding hydrogens is 320 g/mol. The first-order valence-electron chi connectivity index (χ1n) is 7.14. The molecule has 1 aliphatic carbocycles. The number of anilines is 1. The highest BCUT2D eigenvalue weighted by molar-refractivity contribution is 6.34. The number of amides is 2. The summed E-state index contributed by atoms with van der Waals surface area (Å²) in [7, 11) is 1.50. The first-order valence-corrected chi connectivity index (χ1v) is 7.52. The number of allylic oxidation sites excluding steroid dienone is 2. The summed E-state index contributed by atoms with van der Waals surface area (Å²) < 4.78 is 0. The van der Waals surface area contributed by atoms with Crippen LogP contribution in [0.2, 0.25) is 5.02 Å². The van der Waals surface area contributed by atoms with Crippen LogP contribution in [0.3, 0.4) is 0 Å². The van der Waals surface area contributed by atoms with E-state index >= 15 is 0 Å². The highest BCUT2D eigenvalue weighted by atomic mass is 35.5. The maximum absolute atomic E-state index is 12.3. The predicted molar refractivity (Wildman–Crippen MR) is 86.5 cm³/mol. The topological polar surface area (TPSA) is 95.5 Å². The third-order valence-electron chi connectivity index (χ3n) is 3.79. The van der Waals surface area contributed by atoms with Gasteiger partial charge >= 0.3 is 5.97 Å². The van der Waals surface area contributed by atoms with Crippen molar-refractivity contribution in [2.75, 3.05) is 12.4 Å². The van der Waals surface area contributed by atoms with Crippen LogP contribution in [0.25, 0.3) is 0 Å². The van der Waals surface area contributed by atoms with Crippen molar-refractivity contribution >= 4 is 35.1 Å². The molecule has 1 aromatic carbocycles. The van der Waals surface area contributed by atoms with Crippen LogP contribution < -0.4 is 10.6 Å². The molecule has 1 aromatic rings. The van der Waals surface area contributed by atoms with E-state index < -0.39 is 17.8 Å². The molecule has 1 aliphatic rings. The van der Waals surface area contributed by atoms with Gasteiger partial charge < -0.3 is 15.7 Å². The highest BCUT2D eigenvalue weighted by Crippen LogP contribution is 2.28. The molecule has 0 radical (unpaired) electrons. The van der Waals surface area contributed by atoms with Crippen LogP contribution >= 0.6 is 11.6 Å². The number of carboxylic acid groups (broad SMARTS) is 1. The maximum Gasteiger partial charge on any atom is 0.307 e. The van der Waals surface area contributed by atoms with Crippen LogP contribution in [0, 0.1) is 11.8 Å². The smallest absolute Gasteiger partial charge is 0.307 e. The second kappa shape index (κ2) is 7.28. The Morgan fingerprint density at radius 3 is 2.39 bits per heavy atom. The van der Waals surface area contributed by atoms with Gasteiger partial charge in [-0.2, -0.15) is 0 Å². The van der Waals surface area contributed by atoms with E-state index in [1.165, 1.54) is 19.2 Å². The molecule has 7 heteroatoms. The number of benzene rings is 1. The molecule has 6 nitrogen and oxygen atoms in total. The first-order chi connectivity index (χ1) is 10.9. The van der Waals surface area contributed by atoms with Gasteiger partial charge in [-0.05, 0) is 31.0 Å². The van der Waals surface area contributed by atoms with Gasteiger partial charge in [0.15, 0.2) is 0 Å². The summed E-state index contributed by atoms with van der Waals surface area (Å²) in [5, 5.41) is 14.6. The molecule has 23 heavy (non-hydrogen) atoms. The summed E-state index contributed by atoms with van der Waals surface area (Å²) in [5.74, 6) is -3.04. The van der Waals surface area contributed by atoms with Crippen LogP contribution in [-0.4, -0.2) is 29.9 Å². The third kappa shape index (κ3) is 3.90. The van der Waals surface area contributed by atoms with Crippen molar-refractivity contribution in [2.45, 2.75) is 12.8 Å². The van der Waals surface area contributed by atoms with E-state index in [-0.39, 0.29) is 16.8 Å². The average molecular weight is 337 g/mol. The fraction of sp³-hybridized carbons (Fsp3) is 0.312. The standard InChI is InChI=1S/C16H17ClN2O4/c1-18-14(20)12-7-6-9(8-13(12)17)19-15(21)10-4-2-3-5-11(10)16(22)23/h2-3,6-8,10-11H,4-5H2,1H3,(H,18,20)(H,19,21)(H,22,23)/t10-,11+/m1/s1. The van der Waals surface area contributed by atoms with Gasteiger partial charge in [0.1, 0.15) is 0 Å². The molecular formula is C16H17ClN2O4. The maximum atomic E-state index is 12.3. The minimum absolute atomic E-state index is 0.209. The Kier molecular flexibility index (Phi) is 5.39. The van der Waals surface area contributed by atoms with E-state index in [1.807, 2.05) is 6.08 Å². The van der Waals surface area contributed by atoms with Crippen LogP contribution in [0.15, 0.2) is 30.4 Å². The Hall–Kier alpha value is -2.34. The monoisotopic (exact) mass is 336 g/mol. The van der Waals surface area contributed by atoms with Crippen molar-refractivity contribution in [1.29, 1.82) is 0 Å². The molecule has 122 valence electrons. The van der Waals surface area contributed by atoms with Crippen molar-refractivity contribution in [1.82, 2.24) is 5.32 Å². The number of hydrogen-bond donors (Lipinski definition) is 3. The van der Waals surface area contributed by atoms with Gasteiger partial charge in [-0.25, -0.2) is 0 Å². The summed E-state index contributed by atoms with van der Waals surface area (Å²) in [5.41, 5.74) is 0.725. The summed E-state index contributed by atoms with van der Waals surface area (Å²) in [4.78, 5) is 35.2. The average Bonchev–Trinajstić information content (AvgIpc) is 2.54. The number of carbonyl (C=O) groups excluding carboxylic acids is 2. The lowest BCUT2D eigenvalue weighted by Crippen LogP contribution is -2.34. The van der Waals surface area contributed by atoms with Gasteiger partial charge in [0, 0.05) is 12.7 Å². The Morgan fingerprint density at radius 2 is 1.83 bits per heavy atom. The van der Waals surface area contributed by atoms with E-state index in [9.17, 15) is 19.5 Å². The second-order valence-corrected chi connectivity index (χ2v) is 5.66. The number of carbonyl (C=O) groups is 3. The van der Waals surface area contributed by atoms with Crippen molar-refractivity contribution in [3.8, 4) is 0 Å². The zero-order chi connectivity index (χ0) is 17.0. The lowest BCUT2D eigenvalue weighted by molar-refractivity contribution is -0.146. The number of hydrogen-bond acceptors (Lipinski definition) is 3. The zero-order valence-electron chi connectivity index (χ0n) is 12.5. The molecule has 3 N–H and O–H groups in total. The molecule has 0 bridgehead atoms. The van der Waals surface area contributed by atoms with Gasteiger partial charge in [0.25, 0.3) is 5.91 Å². The number of aliphatic carboxylic acids is 1. The number of carboxylic acids is 1. The van der Waals surface area contributed by atoms with E-state index in [2.05, 4.69) is 10.6 Å². The van der Waals surface area contributed by atoms with Gasteiger partial charge in [0.05, 0.1) is 22.4 Å². The summed E-state index contributed by atoms with van der Waals surface area (Å²) in [6, 6.07) is 4.54. The highest BCUT2D eigenvalue weighted by Gasteiger charge is 2.34. The normalized spacial score (nSPS) is 19.9. The molecule has 0 heterocycles. The Labute approximate surface area is 138 Å². The molecule has 0 spiro atoms. The van der Waals surface area contributed by atoms with Gasteiger partial charge in [-0.1, -0.05) is 23.8 Å². The lowest BCUT2D eigenvalue weighted by Gasteiger charge is -2.24. The summed E-state index contributed by atoms with van der Waals surface area (Å²) >= 11 is 6.03. The molecule has 2 rings (SSSR count). The third-order valence-corrected chi connectivity index (χ3v) is 4.11. The Bertz CT molecular complexity index is 672. The lowest BCUT2D eigenvalue weighted by atomic mass is 9.82. The number of nitrogens with one attached hydrogen (secondary N) is 2. The molecule has 0 aliphatic heterocycles. The van der Waals surface area contributed by atoms with Crippen molar-refractivity contribution < 1.29 is 19.5 Å². The van der Waals surface area contributed by atoms with Crippen LogP contribution in [0.4, 0.5) is 5.69 Å². The zero-order valence-corrected chi connectivity index (χ0v) is 13.3. The van der Waals surface area contributed by atoms with E-state index in [0.29, 0.717) is 24.1 Å². The Morgan fingerprint density at radius 1 is 1.17 bits per heavy atom. The predicted octanol–water partition coefficient (Wildman–Crippen LogP) is 2.31. The molecule has 0 saturated carbocycles. The van der Waals surface area contributed by atoms with E-state index in [1.54, 1.807) is 12.1 Å². The minimum Gasteiger partial charge on any atom is -0.481 e. The molecule has 0 unspecified atom stereocenters.